The van der Waals surface area contributed by atoms with Crippen LogP contribution in [0.15, 0.2) is 18.5 Å². The van der Waals surface area contributed by atoms with E-state index in [9.17, 15) is 13.2 Å². The molecule has 19 heavy (non-hydrogen) atoms. The number of nitrogens with zero attached hydrogens (tertiary/aromatic N) is 3. The van der Waals surface area contributed by atoms with Crippen LogP contribution in [0, 0.1) is 12.3 Å². The maximum Gasteiger partial charge on any atom is 0.435 e. The fraction of sp³-hybridized carbons (Fsp3) is 0.333. The molecule has 100 valence electrons. The third-order valence-electron chi connectivity index (χ3n) is 2.49. The number of halogens is 3. The molecule has 0 aliphatic carbocycles. The Morgan fingerprint density at radius 1 is 1.53 bits per heavy atom. The molecule has 0 aromatic carbocycles. The molecular formula is C12H11F3N4. The Morgan fingerprint density at radius 3 is 2.89 bits per heavy atom. The lowest BCUT2D eigenvalue weighted by Gasteiger charge is -2.11. The Hall–Kier alpha value is -2.23. The highest BCUT2D eigenvalue weighted by Crippen LogP contribution is 2.30. The molecule has 0 spiro atoms. The Morgan fingerprint density at radius 2 is 2.26 bits per heavy atom. The largest absolute Gasteiger partial charge is 0.435 e. The van der Waals surface area contributed by atoms with Crippen LogP contribution in [0.5, 0.6) is 0 Å². The van der Waals surface area contributed by atoms with Gasteiger partial charge in [0.25, 0.3) is 0 Å². The molecule has 1 unspecified atom stereocenters. The minimum atomic E-state index is -4.48. The van der Waals surface area contributed by atoms with Crippen molar-refractivity contribution in [3.8, 4) is 12.3 Å². The first-order chi connectivity index (χ1) is 8.91. The van der Waals surface area contributed by atoms with Gasteiger partial charge in [-0.15, -0.1) is 12.3 Å². The van der Waals surface area contributed by atoms with Crippen molar-refractivity contribution in [2.45, 2.75) is 25.6 Å². The smallest absolute Gasteiger partial charge is 0.365 e. The molecule has 1 atom stereocenters. The summed E-state index contributed by atoms with van der Waals surface area (Å²) >= 11 is 0. The number of alkyl halides is 3. The van der Waals surface area contributed by atoms with Crippen molar-refractivity contribution < 1.29 is 13.2 Å². The number of hydrogen-bond donors (Lipinski definition) is 1. The van der Waals surface area contributed by atoms with Gasteiger partial charge in [0.15, 0.2) is 11.5 Å². The fourth-order valence-electron chi connectivity index (χ4n) is 1.63. The van der Waals surface area contributed by atoms with Gasteiger partial charge in [0.2, 0.25) is 0 Å². The van der Waals surface area contributed by atoms with Gasteiger partial charge in [0.1, 0.15) is 5.52 Å². The Balaban J connectivity index is 2.40. The number of hydrogen-bond acceptors (Lipinski definition) is 3. The van der Waals surface area contributed by atoms with Crippen molar-refractivity contribution in [3.63, 3.8) is 0 Å². The molecule has 0 amide bonds. The summed E-state index contributed by atoms with van der Waals surface area (Å²) < 4.78 is 38.9. The highest BCUT2D eigenvalue weighted by Gasteiger charge is 2.34. The highest BCUT2D eigenvalue weighted by atomic mass is 19.4. The summed E-state index contributed by atoms with van der Waals surface area (Å²) in [5, 5.41) is 6.44. The van der Waals surface area contributed by atoms with Gasteiger partial charge in [-0.25, -0.2) is 9.50 Å². The van der Waals surface area contributed by atoms with Crippen LogP contribution in [0.1, 0.15) is 19.0 Å². The molecule has 0 bridgehead atoms. The number of rotatable bonds is 3. The van der Waals surface area contributed by atoms with Crippen LogP contribution < -0.4 is 5.32 Å². The number of terminal acetylenes is 1. The third kappa shape index (κ3) is 2.78. The molecular weight excluding hydrogens is 257 g/mol. The van der Waals surface area contributed by atoms with Crippen molar-refractivity contribution in [2.24, 2.45) is 0 Å². The lowest BCUT2D eigenvalue weighted by Crippen LogP contribution is -2.15. The number of anilines is 1. The molecule has 0 aliphatic rings. The monoisotopic (exact) mass is 268 g/mol. The standard InChI is InChI=1S/C12H11F3N4/c1-3-4-8(2)17-11-9-7-10(12(13,14)15)18-19(9)6-5-16-11/h1,5-8H,4H2,2H3,(H,16,17). The van der Waals surface area contributed by atoms with Crippen LogP contribution in [-0.4, -0.2) is 20.6 Å². The molecule has 4 nitrogen and oxygen atoms in total. The molecule has 0 radical (unpaired) electrons. The molecule has 0 saturated carbocycles. The first kappa shape index (κ1) is 13.2. The van der Waals surface area contributed by atoms with E-state index in [1.54, 1.807) is 0 Å². The molecule has 2 heterocycles. The van der Waals surface area contributed by atoms with Crippen molar-refractivity contribution in [1.82, 2.24) is 14.6 Å². The van der Waals surface area contributed by atoms with E-state index in [2.05, 4.69) is 21.3 Å². The van der Waals surface area contributed by atoms with E-state index in [4.69, 9.17) is 6.42 Å². The van der Waals surface area contributed by atoms with Crippen LogP contribution in [0.4, 0.5) is 19.0 Å². The van der Waals surface area contributed by atoms with Crippen LogP contribution in [0.25, 0.3) is 5.52 Å². The molecule has 0 fully saturated rings. The van der Waals surface area contributed by atoms with Gasteiger partial charge in [-0.2, -0.15) is 18.3 Å². The van der Waals surface area contributed by atoms with Crippen molar-refractivity contribution >= 4 is 11.3 Å². The van der Waals surface area contributed by atoms with Crippen molar-refractivity contribution in [1.29, 1.82) is 0 Å². The maximum atomic E-state index is 12.6. The van der Waals surface area contributed by atoms with Crippen LogP contribution in [0.3, 0.4) is 0 Å². The Labute approximate surface area is 107 Å². The average Bonchev–Trinajstić information content (AvgIpc) is 2.74. The highest BCUT2D eigenvalue weighted by molar-refractivity contribution is 5.68. The zero-order valence-corrected chi connectivity index (χ0v) is 10.1. The summed E-state index contributed by atoms with van der Waals surface area (Å²) in [5.41, 5.74) is -0.688. The normalized spacial score (nSPS) is 13.2. The number of fused-ring (bicyclic) bond motifs is 1. The van der Waals surface area contributed by atoms with Crippen molar-refractivity contribution in [3.05, 3.63) is 24.2 Å². The summed E-state index contributed by atoms with van der Waals surface area (Å²) in [6, 6.07) is 0.866. The first-order valence-corrected chi connectivity index (χ1v) is 5.53. The van der Waals surface area contributed by atoms with E-state index in [1.165, 1.54) is 12.4 Å². The van der Waals surface area contributed by atoms with E-state index in [1.807, 2.05) is 6.92 Å². The Bertz CT molecular complexity index is 624. The molecule has 1 N–H and O–H groups in total. The molecule has 2 aromatic heterocycles. The minimum Gasteiger partial charge on any atom is -0.365 e. The number of nitrogens with one attached hydrogen (secondary N) is 1. The van der Waals surface area contributed by atoms with Gasteiger partial charge < -0.3 is 5.32 Å². The van der Waals surface area contributed by atoms with Crippen molar-refractivity contribution in [2.75, 3.05) is 5.32 Å². The second kappa shape index (κ2) is 4.80. The predicted molar refractivity (Wildman–Crippen MR) is 64.5 cm³/mol. The van der Waals surface area contributed by atoms with Crippen LogP contribution in [-0.2, 0) is 6.18 Å². The SMILES string of the molecule is C#CCC(C)Nc1nccn2nc(C(F)(F)F)cc12. The summed E-state index contributed by atoms with van der Waals surface area (Å²) in [5.74, 6) is 2.80. The predicted octanol–water partition coefficient (Wildman–Crippen LogP) is 2.57. The lowest BCUT2D eigenvalue weighted by molar-refractivity contribution is -0.141. The lowest BCUT2D eigenvalue weighted by atomic mass is 10.2. The summed E-state index contributed by atoms with van der Waals surface area (Å²) in [6.45, 7) is 1.83. The second-order valence-corrected chi connectivity index (χ2v) is 4.09. The summed E-state index contributed by atoms with van der Waals surface area (Å²) in [7, 11) is 0. The van der Waals surface area contributed by atoms with E-state index in [-0.39, 0.29) is 11.6 Å². The molecule has 2 aromatic rings. The van der Waals surface area contributed by atoms with Gasteiger partial charge in [-0.3, -0.25) is 0 Å². The first-order valence-electron chi connectivity index (χ1n) is 5.53. The quantitative estimate of drug-likeness (QED) is 0.870. The van der Waals surface area contributed by atoms with Crippen LogP contribution in [0.2, 0.25) is 0 Å². The summed E-state index contributed by atoms with van der Waals surface area (Å²) in [4.78, 5) is 4.02. The van der Waals surface area contributed by atoms with Gasteiger partial charge in [0.05, 0.1) is 0 Å². The Kier molecular flexibility index (Phi) is 3.34. The zero-order chi connectivity index (χ0) is 14.0. The molecule has 7 heteroatoms. The van der Waals surface area contributed by atoms with E-state index in [0.29, 0.717) is 12.2 Å². The topological polar surface area (TPSA) is 42.2 Å². The van der Waals surface area contributed by atoms with Gasteiger partial charge in [-0.05, 0) is 6.92 Å². The fourth-order valence-corrected chi connectivity index (χ4v) is 1.63. The van der Waals surface area contributed by atoms with E-state index >= 15 is 0 Å². The van der Waals surface area contributed by atoms with E-state index in [0.717, 1.165) is 10.6 Å². The molecule has 0 saturated heterocycles. The summed E-state index contributed by atoms with van der Waals surface area (Å²) in [6.07, 6.45) is 3.89. The van der Waals surface area contributed by atoms with Gasteiger partial charge in [0, 0.05) is 30.9 Å². The second-order valence-electron chi connectivity index (χ2n) is 4.09. The maximum absolute atomic E-state index is 12.6. The van der Waals surface area contributed by atoms with Gasteiger partial charge >= 0.3 is 6.18 Å². The van der Waals surface area contributed by atoms with E-state index < -0.39 is 11.9 Å². The van der Waals surface area contributed by atoms with Crippen LogP contribution >= 0.6 is 0 Å². The minimum absolute atomic E-state index is 0.0899. The number of aromatic nitrogens is 3. The molecule has 2 rings (SSSR count). The average molecular weight is 268 g/mol. The molecule has 0 aliphatic heterocycles. The zero-order valence-electron chi connectivity index (χ0n) is 10.1. The third-order valence-corrected chi connectivity index (χ3v) is 2.49. The van der Waals surface area contributed by atoms with Gasteiger partial charge in [-0.1, -0.05) is 0 Å².